The van der Waals surface area contributed by atoms with E-state index >= 15 is 0 Å². The van der Waals surface area contributed by atoms with Crippen LogP contribution in [0.4, 0.5) is 0 Å². The van der Waals surface area contributed by atoms with Crippen LogP contribution in [0, 0.1) is 13.8 Å². The van der Waals surface area contributed by atoms with E-state index < -0.39 is 6.04 Å². The number of aryl methyl sites for hydroxylation is 2. The quantitative estimate of drug-likeness (QED) is 0.551. The van der Waals surface area contributed by atoms with Crippen LogP contribution in [-0.2, 0) is 22.6 Å². The molecule has 30 heavy (non-hydrogen) atoms. The summed E-state index contributed by atoms with van der Waals surface area (Å²) in [6, 6.07) is 10.7. The number of nitrogens with one attached hydrogen (secondary N) is 1. The van der Waals surface area contributed by atoms with Gasteiger partial charge in [0.15, 0.2) is 0 Å². The molecule has 6 heteroatoms. The molecule has 0 bridgehead atoms. The highest BCUT2D eigenvalue weighted by Gasteiger charge is 2.29. The lowest BCUT2D eigenvalue weighted by molar-refractivity contribution is -0.140. The van der Waals surface area contributed by atoms with Gasteiger partial charge in [-0.05, 0) is 55.5 Å². The zero-order valence-corrected chi connectivity index (χ0v) is 19.6. The van der Waals surface area contributed by atoms with Gasteiger partial charge in [-0.25, -0.2) is 0 Å². The molecule has 4 nitrogen and oxygen atoms in total. The summed E-state index contributed by atoms with van der Waals surface area (Å²) in [6.07, 6.45) is 1.58. The van der Waals surface area contributed by atoms with Gasteiger partial charge in [0, 0.05) is 23.1 Å². The Morgan fingerprint density at radius 3 is 2.40 bits per heavy atom. The van der Waals surface area contributed by atoms with Crippen molar-refractivity contribution < 1.29 is 9.59 Å². The number of carbonyl (C=O) groups is 2. The fourth-order valence-electron chi connectivity index (χ4n) is 3.37. The van der Waals surface area contributed by atoms with Gasteiger partial charge in [-0.15, -0.1) is 0 Å². The molecule has 0 radical (unpaired) electrons. The van der Waals surface area contributed by atoms with Crippen molar-refractivity contribution in [2.75, 3.05) is 6.54 Å². The van der Waals surface area contributed by atoms with Gasteiger partial charge in [0.1, 0.15) is 6.04 Å². The largest absolute Gasteiger partial charge is 0.354 e. The van der Waals surface area contributed by atoms with Crippen molar-refractivity contribution in [2.45, 2.75) is 59.5 Å². The summed E-state index contributed by atoms with van der Waals surface area (Å²) in [5.41, 5.74) is 3.89. The van der Waals surface area contributed by atoms with Crippen molar-refractivity contribution in [2.24, 2.45) is 0 Å². The van der Waals surface area contributed by atoms with Gasteiger partial charge >= 0.3 is 0 Å². The molecule has 0 aromatic heterocycles. The van der Waals surface area contributed by atoms with Crippen LogP contribution in [0.15, 0.2) is 36.4 Å². The van der Waals surface area contributed by atoms with Gasteiger partial charge in [-0.3, -0.25) is 9.59 Å². The summed E-state index contributed by atoms with van der Waals surface area (Å²) in [5.74, 6) is -0.244. The summed E-state index contributed by atoms with van der Waals surface area (Å²) in [5, 5.41) is 3.94. The summed E-state index contributed by atoms with van der Waals surface area (Å²) >= 11 is 12.4. The van der Waals surface area contributed by atoms with E-state index in [1.54, 1.807) is 23.1 Å². The minimum atomic E-state index is -0.569. The number of hydrogen-bond donors (Lipinski definition) is 1. The van der Waals surface area contributed by atoms with Crippen molar-refractivity contribution in [3.63, 3.8) is 0 Å². The summed E-state index contributed by atoms with van der Waals surface area (Å²) in [4.78, 5) is 27.9. The summed E-state index contributed by atoms with van der Waals surface area (Å²) in [6.45, 7) is 8.74. The first-order chi connectivity index (χ1) is 14.3. The van der Waals surface area contributed by atoms with E-state index in [1.807, 2.05) is 45.9 Å². The van der Waals surface area contributed by atoms with Crippen LogP contribution < -0.4 is 5.32 Å². The Hall–Kier alpha value is -2.04. The number of nitrogens with zero attached hydrogens (tertiary/aromatic N) is 1. The average molecular weight is 449 g/mol. The second-order valence-corrected chi connectivity index (χ2v) is 8.42. The fourth-order valence-corrected chi connectivity index (χ4v) is 3.84. The summed E-state index contributed by atoms with van der Waals surface area (Å²) < 4.78 is 0. The number of carbonyl (C=O) groups excluding carboxylic acids is 2. The first kappa shape index (κ1) is 24.2. The third-order valence-electron chi connectivity index (χ3n) is 5.14. The SMILES string of the molecule is CCCNC(=O)[C@H](CC)N(Cc1ccc(Cl)cc1Cl)C(=O)Cc1cc(C)ccc1C. The van der Waals surface area contributed by atoms with Crippen LogP contribution in [-0.4, -0.2) is 29.3 Å². The molecule has 0 saturated carbocycles. The van der Waals surface area contributed by atoms with Crippen molar-refractivity contribution in [3.8, 4) is 0 Å². The molecule has 2 rings (SSSR count). The highest BCUT2D eigenvalue weighted by molar-refractivity contribution is 6.35. The van der Waals surface area contributed by atoms with Crippen LogP contribution >= 0.6 is 23.2 Å². The molecule has 0 fully saturated rings. The topological polar surface area (TPSA) is 49.4 Å². The van der Waals surface area contributed by atoms with Gasteiger partial charge in [0.05, 0.1) is 6.42 Å². The van der Waals surface area contributed by atoms with E-state index in [9.17, 15) is 9.59 Å². The molecule has 0 aliphatic rings. The second kappa shape index (κ2) is 11.4. The highest BCUT2D eigenvalue weighted by atomic mass is 35.5. The normalized spacial score (nSPS) is 11.8. The molecule has 2 amide bonds. The van der Waals surface area contributed by atoms with Crippen molar-refractivity contribution in [3.05, 3.63) is 68.7 Å². The molecular weight excluding hydrogens is 419 g/mol. The van der Waals surface area contributed by atoms with Gasteiger partial charge in [0.2, 0.25) is 11.8 Å². The maximum absolute atomic E-state index is 13.4. The molecule has 0 aliphatic heterocycles. The van der Waals surface area contributed by atoms with Gasteiger partial charge < -0.3 is 10.2 Å². The number of benzene rings is 2. The first-order valence-electron chi connectivity index (χ1n) is 10.3. The van der Waals surface area contributed by atoms with E-state index in [-0.39, 0.29) is 24.8 Å². The molecule has 1 atom stereocenters. The Balaban J connectivity index is 2.36. The highest BCUT2D eigenvalue weighted by Crippen LogP contribution is 2.24. The minimum Gasteiger partial charge on any atom is -0.354 e. The zero-order valence-electron chi connectivity index (χ0n) is 18.1. The Morgan fingerprint density at radius 2 is 1.77 bits per heavy atom. The molecule has 0 unspecified atom stereocenters. The number of amides is 2. The Bertz CT molecular complexity index is 899. The molecule has 2 aromatic rings. The Labute approximate surface area is 189 Å². The van der Waals surface area contributed by atoms with Crippen LogP contribution in [0.3, 0.4) is 0 Å². The van der Waals surface area contributed by atoms with Crippen LogP contribution in [0.1, 0.15) is 48.9 Å². The number of halogens is 2. The van der Waals surface area contributed by atoms with Crippen LogP contribution in [0.5, 0.6) is 0 Å². The van der Waals surface area contributed by atoms with Crippen molar-refractivity contribution >= 4 is 35.0 Å². The molecular formula is C24H30Cl2N2O2. The molecule has 2 aromatic carbocycles. The van der Waals surface area contributed by atoms with E-state index in [2.05, 4.69) is 5.32 Å². The maximum Gasteiger partial charge on any atom is 0.242 e. The van der Waals surface area contributed by atoms with Gasteiger partial charge in [0.25, 0.3) is 0 Å². The molecule has 0 saturated heterocycles. The van der Waals surface area contributed by atoms with Gasteiger partial charge in [-0.2, -0.15) is 0 Å². The summed E-state index contributed by atoms with van der Waals surface area (Å²) in [7, 11) is 0. The third-order valence-corrected chi connectivity index (χ3v) is 5.72. The zero-order chi connectivity index (χ0) is 22.3. The molecule has 0 aliphatic carbocycles. The lowest BCUT2D eigenvalue weighted by atomic mass is 10.0. The van der Waals surface area contributed by atoms with Gasteiger partial charge in [-0.1, -0.05) is 66.9 Å². The monoisotopic (exact) mass is 448 g/mol. The van der Waals surface area contributed by atoms with E-state index in [0.717, 1.165) is 28.7 Å². The maximum atomic E-state index is 13.4. The van der Waals surface area contributed by atoms with E-state index in [0.29, 0.717) is 23.0 Å². The predicted octanol–water partition coefficient (Wildman–Crippen LogP) is 5.49. The standard InChI is InChI=1S/C24H30Cl2N2O2/c1-5-11-27-24(30)22(6-2)28(15-18-9-10-20(25)14-21(18)26)23(29)13-19-12-16(3)7-8-17(19)4/h7-10,12,14,22H,5-6,11,13,15H2,1-4H3,(H,27,30)/t22-/m0/s1. The second-order valence-electron chi connectivity index (χ2n) is 7.58. The number of rotatable bonds is 9. The first-order valence-corrected chi connectivity index (χ1v) is 11.1. The van der Waals surface area contributed by atoms with Crippen LogP contribution in [0.2, 0.25) is 10.0 Å². The lowest BCUT2D eigenvalue weighted by Crippen LogP contribution is -2.49. The third kappa shape index (κ3) is 6.48. The Morgan fingerprint density at radius 1 is 1.03 bits per heavy atom. The fraction of sp³-hybridized carbons (Fsp3) is 0.417. The van der Waals surface area contributed by atoms with Crippen molar-refractivity contribution in [1.82, 2.24) is 10.2 Å². The smallest absolute Gasteiger partial charge is 0.242 e. The van der Waals surface area contributed by atoms with E-state index in [1.165, 1.54) is 0 Å². The number of hydrogen-bond acceptors (Lipinski definition) is 2. The molecule has 0 heterocycles. The lowest BCUT2D eigenvalue weighted by Gasteiger charge is -2.31. The molecule has 1 N–H and O–H groups in total. The van der Waals surface area contributed by atoms with Crippen LogP contribution in [0.25, 0.3) is 0 Å². The van der Waals surface area contributed by atoms with E-state index in [4.69, 9.17) is 23.2 Å². The Kier molecular flexibility index (Phi) is 9.19. The average Bonchev–Trinajstić information content (AvgIpc) is 2.70. The molecule has 0 spiro atoms. The molecule has 162 valence electrons. The predicted molar refractivity (Wildman–Crippen MR) is 124 cm³/mol. The minimum absolute atomic E-state index is 0.104. The van der Waals surface area contributed by atoms with Crippen molar-refractivity contribution in [1.29, 1.82) is 0 Å².